The van der Waals surface area contributed by atoms with Crippen LogP contribution in [0.5, 0.6) is 0 Å². The van der Waals surface area contributed by atoms with Gasteiger partial charge in [0.15, 0.2) is 0 Å². The van der Waals surface area contributed by atoms with Gasteiger partial charge < -0.3 is 5.11 Å². The molecule has 0 bridgehead atoms. The third-order valence-electron chi connectivity index (χ3n) is 2.65. The molecule has 0 fully saturated rings. The topological polar surface area (TPSA) is 20.2 Å². The van der Waals surface area contributed by atoms with Gasteiger partial charge in [-0.3, -0.25) is 0 Å². The first-order valence-electron chi connectivity index (χ1n) is 5.63. The lowest BCUT2D eigenvalue weighted by Gasteiger charge is -2.10. The van der Waals surface area contributed by atoms with Crippen molar-refractivity contribution in [1.82, 2.24) is 0 Å². The van der Waals surface area contributed by atoms with Crippen molar-refractivity contribution in [3.8, 4) is 0 Å². The molecule has 1 aromatic rings. The van der Waals surface area contributed by atoms with E-state index in [-0.39, 0.29) is 6.10 Å². The Balaban J connectivity index is 2.44. The predicted molar refractivity (Wildman–Crippen MR) is 65.6 cm³/mol. The van der Waals surface area contributed by atoms with E-state index in [1.807, 2.05) is 42.5 Å². The van der Waals surface area contributed by atoms with Crippen molar-refractivity contribution in [3.05, 3.63) is 42.0 Å². The average Bonchev–Trinajstić information content (AvgIpc) is 2.27. The highest BCUT2D eigenvalue weighted by molar-refractivity contribution is 5.49. The maximum absolute atomic E-state index is 9.73. The number of aliphatic hydroxyl groups is 1. The molecule has 0 aliphatic rings. The molecule has 0 saturated carbocycles. The maximum atomic E-state index is 9.73. The molecule has 0 aliphatic heterocycles. The van der Waals surface area contributed by atoms with Crippen molar-refractivity contribution in [2.75, 3.05) is 0 Å². The Morgan fingerprint density at radius 1 is 1.27 bits per heavy atom. The van der Waals surface area contributed by atoms with E-state index in [9.17, 15) is 5.11 Å². The van der Waals surface area contributed by atoms with Crippen LogP contribution in [-0.2, 0) is 0 Å². The van der Waals surface area contributed by atoms with Gasteiger partial charge in [0, 0.05) is 0 Å². The second kappa shape index (κ2) is 6.41. The van der Waals surface area contributed by atoms with Gasteiger partial charge in [0.05, 0.1) is 6.10 Å². The van der Waals surface area contributed by atoms with Crippen molar-refractivity contribution in [2.45, 2.75) is 32.8 Å². The fourth-order valence-corrected chi connectivity index (χ4v) is 1.44. The van der Waals surface area contributed by atoms with Gasteiger partial charge in [0.25, 0.3) is 0 Å². The third-order valence-corrected chi connectivity index (χ3v) is 2.65. The van der Waals surface area contributed by atoms with Crippen LogP contribution >= 0.6 is 0 Å². The Hall–Kier alpha value is -1.08. The zero-order valence-electron chi connectivity index (χ0n) is 9.56. The van der Waals surface area contributed by atoms with Crippen molar-refractivity contribution in [2.24, 2.45) is 5.92 Å². The standard InChI is InChI=1S/C14H20O/c1-3-12(2)11-14(15)10-9-13-7-5-4-6-8-13/h4-10,12,14-15H,3,11H2,1-2H3/b10-9+/t12-,14+/m1/s1. The highest BCUT2D eigenvalue weighted by Crippen LogP contribution is 2.11. The van der Waals surface area contributed by atoms with Crippen LogP contribution in [0.3, 0.4) is 0 Å². The first-order valence-corrected chi connectivity index (χ1v) is 5.63. The number of aliphatic hydroxyl groups excluding tert-OH is 1. The van der Waals surface area contributed by atoms with Crippen molar-refractivity contribution >= 4 is 6.08 Å². The van der Waals surface area contributed by atoms with Gasteiger partial charge in [-0.25, -0.2) is 0 Å². The minimum absolute atomic E-state index is 0.319. The molecule has 0 amide bonds. The molecule has 0 saturated heterocycles. The highest BCUT2D eigenvalue weighted by Gasteiger charge is 2.04. The molecule has 1 nitrogen and oxygen atoms in total. The van der Waals surface area contributed by atoms with Gasteiger partial charge in [-0.15, -0.1) is 0 Å². The number of benzene rings is 1. The van der Waals surface area contributed by atoms with E-state index in [4.69, 9.17) is 0 Å². The highest BCUT2D eigenvalue weighted by atomic mass is 16.3. The third kappa shape index (κ3) is 4.80. The molecular formula is C14H20O. The van der Waals surface area contributed by atoms with Gasteiger partial charge in [0.2, 0.25) is 0 Å². The van der Waals surface area contributed by atoms with E-state index in [1.165, 1.54) is 0 Å². The molecule has 1 aromatic carbocycles. The molecule has 0 spiro atoms. The molecule has 0 aromatic heterocycles. The Morgan fingerprint density at radius 2 is 1.93 bits per heavy atom. The smallest absolute Gasteiger partial charge is 0.0726 e. The molecule has 2 atom stereocenters. The van der Waals surface area contributed by atoms with Crippen LogP contribution in [0.4, 0.5) is 0 Å². The Morgan fingerprint density at radius 3 is 2.53 bits per heavy atom. The molecule has 0 heterocycles. The monoisotopic (exact) mass is 204 g/mol. The second-order valence-electron chi connectivity index (χ2n) is 4.09. The minimum Gasteiger partial charge on any atom is -0.389 e. The molecule has 0 radical (unpaired) electrons. The summed E-state index contributed by atoms with van der Waals surface area (Å²) in [5.74, 6) is 0.584. The van der Waals surface area contributed by atoms with E-state index in [0.29, 0.717) is 5.92 Å². The lowest BCUT2D eigenvalue weighted by atomic mass is 10.0. The zero-order valence-corrected chi connectivity index (χ0v) is 9.56. The molecule has 0 unspecified atom stereocenters. The van der Waals surface area contributed by atoms with E-state index < -0.39 is 0 Å². The molecule has 1 heteroatoms. The Bertz CT molecular complexity index is 289. The molecule has 15 heavy (non-hydrogen) atoms. The summed E-state index contributed by atoms with van der Waals surface area (Å²) < 4.78 is 0. The van der Waals surface area contributed by atoms with E-state index in [0.717, 1.165) is 18.4 Å². The summed E-state index contributed by atoms with van der Waals surface area (Å²) >= 11 is 0. The Labute approximate surface area is 92.5 Å². The predicted octanol–water partition coefficient (Wildman–Crippen LogP) is 3.50. The SMILES string of the molecule is CC[C@@H](C)C[C@@H](O)/C=C/c1ccccc1. The second-order valence-corrected chi connectivity index (χ2v) is 4.09. The van der Waals surface area contributed by atoms with E-state index in [1.54, 1.807) is 0 Å². The fourth-order valence-electron chi connectivity index (χ4n) is 1.44. The van der Waals surface area contributed by atoms with E-state index in [2.05, 4.69) is 13.8 Å². The van der Waals surface area contributed by atoms with Crippen molar-refractivity contribution in [3.63, 3.8) is 0 Å². The zero-order chi connectivity index (χ0) is 11.1. The van der Waals surface area contributed by atoms with Crippen LogP contribution in [0.25, 0.3) is 6.08 Å². The van der Waals surface area contributed by atoms with Crippen LogP contribution in [-0.4, -0.2) is 11.2 Å². The van der Waals surface area contributed by atoms with Crippen molar-refractivity contribution < 1.29 is 5.11 Å². The summed E-state index contributed by atoms with van der Waals surface area (Å²) in [5, 5.41) is 9.73. The average molecular weight is 204 g/mol. The normalized spacial score (nSPS) is 15.4. The van der Waals surface area contributed by atoms with Crippen LogP contribution in [0, 0.1) is 5.92 Å². The molecule has 1 N–H and O–H groups in total. The van der Waals surface area contributed by atoms with Crippen LogP contribution < -0.4 is 0 Å². The van der Waals surface area contributed by atoms with Gasteiger partial charge >= 0.3 is 0 Å². The summed E-state index contributed by atoms with van der Waals surface area (Å²) in [5.41, 5.74) is 1.14. The fraction of sp³-hybridized carbons (Fsp3) is 0.429. The maximum Gasteiger partial charge on any atom is 0.0726 e. The van der Waals surface area contributed by atoms with Gasteiger partial charge in [-0.1, -0.05) is 62.8 Å². The lowest BCUT2D eigenvalue weighted by Crippen LogP contribution is -2.07. The van der Waals surface area contributed by atoms with Gasteiger partial charge in [-0.2, -0.15) is 0 Å². The molecule has 1 rings (SSSR count). The van der Waals surface area contributed by atoms with E-state index >= 15 is 0 Å². The summed E-state index contributed by atoms with van der Waals surface area (Å²) in [7, 11) is 0. The number of hydrogen-bond donors (Lipinski definition) is 1. The van der Waals surface area contributed by atoms with Crippen LogP contribution in [0.2, 0.25) is 0 Å². The summed E-state index contributed by atoms with van der Waals surface area (Å²) in [6.45, 7) is 4.32. The minimum atomic E-state index is -0.319. The molecular weight excluding hydrogens is 184 g/mol. The Kier molecular flexibility index (Phi) is 5.13. The number of hydrogen-bond acceptors (Lipinski definition) is 1. The van der Waals surface area contributed by atoms with Gasteiger partial charge in [0.1, 0.15) is 0 Å². The lowest BCUT2D eigenvalue weighted by molar-refractivity contribution is 0.190. The van der Waals surface area contributed by atoms with Crippen LogP contribution in [0.1, 0.15) is 32.3 Å². The largest absolute Gasteiger partial charge is 0.389 e. The van der Waals surface area contributed by atoms with Crippen LogP contribution in [0.15, 0.2) is 36.4 Å². The quantitative estimate of drug-likeness (QED) is 0.778. The molecule has 82 valence electrons. The summed E-state index contributed by atoms with van der Waals surface area (Å²) in [6.07, 6.45) is 5.50. The molecule has 0 aliphatic carbocycles. The summed E-state index contributed by atoms with van der Waals surface area (Å²) in [4.78, 5) is 0. The first-order chi connectivity index (χ1) is 7.22. The summed E-state index contributed by atoms with van der Waals surface area (Å²) in [6, 6.07) is 10.1. The van der Waals surface area contributed by atoms with Crippen molar-refractivity contribution in [1.29, 1.82) is 0 Å². The number of rotatable bonds is 5. The van der Waals surface area contributed by atoms with Gasteiger partial charge in [-0.05, 0) is 17.9 Å². The first kappa shape index (κ1) is 12.0.